The Kier molecular flexibility index (Phi) is 4.11. The molecule has 0 amide bonds. The molecule has 102 valence electrons. The number of furan rings is 1. The van der Waals surface area contributed by atoms with Gasteiger partial charge in [0.2, 0.25) is 0 Å². The lowest BCUT2D eigenvalue weighted by atomic mass is 9.95. The maximum absolute atomic E-state index is 13.3. The van der Waals surface area contributed by atoms with Crippen LogP contribution in [0.1, 0.15) is 34.3 Å². The first-order valence-corrected chi connectivity index (χ1v) is 6.93. The van der Waals surface area contributed by atoms with E-state index in [2.05, 4.69) is 21.2 Å². The third-order valence-corrected chi connectivity index (χ3v) is 4.08. The van der Waals surface area contributed by atoms with Gasteiger partial charge in [0.15, 0.2) is 0 Å². The summed E-state index contributed by atoms with van der Waals surface area (Å²) >= 11 is 3.23. The summed E-state index contributed by atoms with van der Waals surface area (Å²) in [5.41, 5.74) is 3.26. The van der Waals surface area contributed by atoms with Gasteiger partial charge in [-0.1, -0.05) is 6.07 Å². The van der Waals surface area contributed by atoms with Crippen molar-refractivity contribution in [3.63, 3.8) is 0 Å². The molecule has 0 aliphatic carbocycles. The number of hydrogen-bond donors (Lipinski definition) is 1. The Morgan fingerprint density at radius 3 is 2.37 bits per heavy atom. The third kappa shape index (κ3) is 2.60. The van der Waals surface area contributed by atoms with Gasteiger partial charge in [0.05, 0.1) is 10.5 Å². The molecule has 1 atom stereocenters. The summed E-state index contributed by atoms with van der Waals surface area (Å²) in [6.45, 7) is 5.96. The highest BCUT2D eigenvalue weighted by Crippen LogP contribution is 2.32. The van der Waals surface area contributed by atoms with E-state index in [9.17, 15) is 4.39 Å². The standard InChI is InChI=1S/C15H17BrFNO/c1-8-9(2)19-10(3)14(8)15(18-4)11-5-6-13(17)12(16)7-11/h5-7,15,18H,1-4H3. The van der Waals surface area contributed by atoms with E-state index in [0.717, 1.165) is 28.2 Å². The smallest absolute Gasteiger partial charge is 0.137 e. The molecule has 0 saturated carbocycles. The number of hydrogen-bond acceptors (Lipinski definition) is 2. The van der Waals surface area contributed by atoms with E-state index in [1.54, 1.807) is 12.1 Å². The molecule has 4 heteroatoms. The van der Waals surface area contributed by atoms with Gasteiger partial charge in [0.25, 0.3) is 0 Å². The summed E-state index contributed by atoms with van der Waals surface area (Å²) in [6, 6.07) is 5.07. The average Bonchev–Trinajstić information content (AvgIpc) is 2.61. The quantitative estimate of drug-likeness (QED) is 0.903. The summed E-state index contributed by atoms with van der Waals surface area (Å²) in [6.07, 6.45) is 0. The lowest BCUT2D eigenvalue weighted by Gasteiger charge is -2.18. The molecule has 1 unspecified atom stereocenters. The second-order valence-corrected chi connectivity index (χ2v) is 5.50. The monoisotopic (exact) mass is 325 g/mol. The highest BCUT2D eigenvalue weighted by Gasteiger charge is 2.21. The van der Waals surface area contributed by atoms with E-state index in [0.29, 0.717) is 4.47 Å². The maximum atomic E-state index is 13.3. The van der Waals surface area contributed by atoms with E-state index in [4.69, 9.17) is 4.42 Å². The Hall–Kier alpha value is -1.13. The predicted molar refractivity (Wildman–Crippen MR) is 77.9 cm³/mol. The molecule has 0 spiro atoms. The van der Waals surface area contributed by atoms with Crippen LogP contribution < -0.4 is 5.32 Å². The second-order valence-electron chi connectivity index (χ2n) is 4.65. The van der Waals surface area contributed by atoms with Crippen LogP contribution >= 0.6 is 15.9 Å². The van der Waals surface area contributed by atoms with Crippen molar-refractivity contribution in [2.45, 2.75) is 26.8 Å². The molecule has 1 aromatic carbocycles. The number of nitrogens with one attached hydrogen (secondary N) is 1. The van der Waals surface area contributed by atoms with Crippen LogP contribution in [-0.2, 0) is 0 Å². The molecule has 1 heterocycles. The molecule has 0 fully saturated rings. The Morgan fingerprint density at radius 2 is 1.89 bits per heavy atom. The maximum Gasteiger partial charge on any atom is 0.137 e. The number of rotatable bonds is 3. The van der Waals surface area contributed by atoms with Gasteiger partial charge in [-0.3, -0.25) is 0 Å². The Balaban J connectivity index is 2.52. The van der Waals surface area contributed by atoms with E-state index >= 15 is 0 Å². The van der Waals surface area contributed by atoms with Crippen molar-refractivity contribution in [2.75, 3.05) is 7.05 Å². The van der Waals surface area contributed by atoms with Crippen molar-refractivity contribution in [2.24, 2.45) is 0 Å². The molecule has 2 rings (SSSR count). The number of halogens is 2. The van der Waals surface area contributed by atoms with Crippen molar-refractivity contribution < 1.29 is 8.81 Å². The van der Waals surface area contributed by atoms with E-state index in [1.165, 1.54) is 6.07 Å². The Morgan fingerprint density at radius 1 is 1.21 bits per heavy atom. The molecule has 0 saturated heterocycles. The van der Waals surface area contributed by atoms with Gasteiger partial charge in [0, 0.05) is 5.56 Å². The molecule has 19 heavy (non-hydrogen) atoms. The summed E-state index contributed by atoms with van der Waals surface area (Å²) in [5, 5.41) is 3.27. The summed E-state index contributed by atoms with van der Waals surface area (Å²) < 4.78 is 19.5. The summed E-state index contributed by atoms with van der Waals surface area (Å²) in [7, 11) is 1.89. The predicted octanol–water partition coefficient (Wildman–Crippen LogP) is 4.42. The van der Waals surface area contributed by atoms with Crippen LogP contribution in [0.2, 0.25) is 0 Å². The Labute approximate surface area is 121 Å². The van der Waals surface area contributed by atoms with Crippen molar-refractivity contribution in [1.82, 2.24) is 5.32 Å². The zero-order chi connectivity index (χ0) is 14.2. The lowest BCUT2D eigenvalue weighted by molar-refractivity contribution is 0.495. The zero-order valence-electron chi connectivity index (χ0n) is 11.5. The van der Waals surface area contributed by atoms with Crippen molar-refractivity contribution in [3.8, 4) is 0 Å². The topological polar surface area (TPSA) is 25.2 Å². The van der Waals surface area contributed by atoms with Crippen LogP contribution in [0.15, 0.2) is 27.1 Å². The SMILES string of the molecule is CNC(c1ccc(F)c(Br)c1)c1c(C)oc(C)c1C. The van der Waals surface area contributed by atoms with Crippen LogP contribution in [0.3, 0.4) is 0 Å². The van der Waals surface area contributed by atoms with E-state index in [1.807, 2.05) is 27.8 Å². The normalized spacial score (nSPS) is 12.7. The molecular formula is C15H17BrFNO. The minimum atomic E-state index is -0.254. The van der Waals surface area contributed by atoms with Crippen LogP contribution in [0.25, 0.3) is 0 Å². The average molecular weight is 326 g/mol. The fraction of sp³-hybridized carbons (Fsp3) is 0.333. The minimum Gasteiger partial charge on any atom is -0.466 e. The first kappa shape index (κ1) is 14.3. The molecule has 2 nitrogen and oxygen atoms in total. The van der Waals surface area contributed by atoms with Gasteiger partial charge in [-0.15, -0.1) is 0 Å². The highest BCUT2D eigenvalue weighted by atomic mass is 79.9. The first-order valence-electron chi connectivity index (χ1n) is 6.14. The van der Waals surface area contributed by atoms with Gasteiger partial charge < -0.3 is 9.73 Å². The van der Waals surface area contributed by atoms with Crippen LogP contribution in [0.4, 0.5) is 4.39 Å². The lowest BCUT2D eigenvalue weighted by Crippen LogP contribution is -2.19. The molecule has 2 aromatic rings. The fourth-order valence-electron chi connectivity index (χ4n) is 2.40. The van der Waals surface area contributed by atoms with E-state index in [-0.39, 0.29) is 11.9 Å². The Bertz CT molecular complexity index is 606. The van der Waals surface area contributed by atoms with Gasteiger partial charge in [-0.2, -0.15) is 0 Å². The highest BCUT2D eigenvalue weighted by molar-refractivity contribution is 9.10. The van der Waals surface area contributed by atoms with Gasteiger partial charge in [0.1, 0.15) is 17.3 Å². The zero-order valence-corrected chi connectivity index (χ0v) is 13.1. The van der Waals surface area contributed by atoms with Crippen LogP contribution in [0, 0.1) is 26.6 Å². The fourth-order valence-corrected chi connectivity index (χ4v) is 2.80. The third-order valence-electron chi connectivity index (χ3n) is 3.47. The van der Waals surface area contributed by atoms with Gasteiger partial charge in [-0.05, 0) is 67.0 Å². The first-order chi connectivity index (χ1) is 8.95. The summed E-state index contributed by atoms with van der Waals surface area (Å²) in [5.74, 6) is 1.57. The molecular weight excluding hydrogens is 309 g/mol. The number of aryl methyl sites for hydroxylation is 2. The van der Waals surface area contributed by atoms with Crippen molar-refractivity contribution in [3.05, 3.63) is 56.7 Å². The molecule has 0 aliphatic rings. The van der Waals surface area contributed by atoms with Crippen LogP contribution in [0.5, 0.6) is 0 Å². The van der Waals surface area contributed by atoms with Gasteiger partial charge in [-0.25, -0.2) is 4.39 Å². The van der Waals surface area contributed by atoms with Crippen LogP contribution in [-0.4, -0.2) is 7.05 Å². The summed E-state index contributed by atoms with van der Waals surface area (Å²) in [4.78, 5) is 0. The second kappa shape index (κ2) is 5.47. The number of benzene rings is 1. The van der Waals surface area contributed by atoms with Crippen molar-refractivity contribution in [1.29, 1.82) is 0 Å². The minimum absolute atomic E-state index is 0.00523. The molecule has 1 aromatic heterocycles. The molecule has 0 aliphatic heterocycles. The van der Waals surface area contributed by atoms with E-state index < -0.39 is 0 Å². The molecule has 0 radical (unpaired) electrons. The largest absolute Gasteiger partial charge is 0.466 e. The van der Waals surface area contributed by atoms with Gasteiger partial charge >= 0.3 is 0 Å². The molecule has 0 bridgehead atoms. The van der Waals surface area contributed by atoms with Crippen molar-refractivity contribution >= 4 is 15.9 Å². The molecule has 1 N–H and O–H groups in total.